The van der Waals surface area contributed by atoms with Crippen molar-refractivity contribution in [3.63, 3.8) is 0 Å². The lowest BCUT2D eigenvalue weighted by Gasteiger charge is -2.20. The van der Waals surface area contributed by atoms with Crippen molar-refractivity contribution in [1.29, 1.82) is 0 Å². The number of primary amides is 1. The van der Waals surface area contributed by atoms with Gasteiger partial charge < -0.3 is 5.73 Å². The van der Waals surface area contributed by atoms with Gasteiger partial charge in [-0.15, -0.1) is 33.3 Å². The van der Waals surface area contributed by atoms with Crippen molar-refractivity contribution < 1.29 is 4.79 Å². The number of thioether (sulfide) groups is 1. The highest BCUT2D eigenvalue weighted by molar-refractivity contribution is 8.00. The maximum absolute atomic E-state index is 11.8. The van der Waals surface area contributed by atoms with Gasteiger partial charge in [0.2, 0.25) is 0 Å². The van der Waals surface area contributed by atoms with Crippen molar-refractivity contribution in [2.24, 2.45) is 5.73 Å². The third kappa shape index (κ3) is 3.48. The smallest absolute Gasteiger partial charge is 0.270 e. The Labute approximate surface area is 161 Å². The van der Waals surface area contributed by atoms with Gasteiger partial charge >= 0.3 is 0 Å². The number of aromatic nitrogens is 2. The summed E-state index contributed by atoms with van der Waals surface area (Å²) >= 11 is 3.38. The van der Waals surface area contributed by atoms with Crippen molar-refractivity contribution in [3.8, 4) is 10.4 Å². The lowest BCUT2D eigenvalue weighted by molar-refractivity contribution is 0.0996. The van der Waals surface area contributed by atoms with E-state index in [0.717, 1.165) is 25.6 Å². The zero-order valence-corrected chi connectivity index (χ0v) is 16.3. The van der Waals surface area contributed by atoms with Gasteiger partial charge in [0.05, 0.1) is 4.70 Å². The van der Waals surface area contributed by atoms with Crippen LogP contribution in [0.2, 0.25) is 0 Å². The van der Waals surface area contributed by atoms with Crippen molar-refractivity contribution >= 4 is 39.1 Å². The molecule has 0 aliphatic heterocycles. The van der Waals surface area contributed by atoms with Gasteiger partial charge in [0.1, 0.15) is 5.03 Å². The second kappa shape index (κ2) is 7.37. The largest absolute Gasteiger partial charge is 0.364 e. The van der Waals surface area contributed by atoms with Crippen LogP contribution in [0.4, 0.5) is 0 Å². The monoisotopic (exact) mass is 383 g/mol. The van der Waals surface area contributed by atoms with E-state index in [-0.39, 0.29) is 5.69 Å². The number of aryl methyl sites for hydroxylation is 1. The molecule has 4 rings (SSSR count). The molecule has 0 unspecified atom stereocenters. The van der Waals surface area contributed by atoms with Gasteiger partial charge in [0, 0.05) is 15.5 Å². The van der Waals surface area contributed by atoms with Crippen LogP contribution in [0.5, 0.6) is 0 Å². The molecular formula is C20H21N3OS2. The summed E-state index contributed by atoms with van der Waals surface area (Å²) in [5.74, 6) is -0.519. The third-order valence-corrected chi connectivity index (χ3v) is 7.34. The predicted molar refractivity (Wildman–Crippen MR) is 109 cm³/mol. The van der Waals surface area contributed by atoms with E-state index in [1.807, 2.05) is 0 Å². The summed E-state index contributed by atoms with van der Waals surface area (Å²) in [5.41, 5.74) is 8.18. The Kier molecular flexibility index (Phi) is 4.96. The van der Waals surface area contributed by atoms with Crippen LogP contribution in [-0.2, 0) is 0 Å². The lowest BCUT2D eigenvalue weighted by Crippen LogP contribution is -2.14. The minimum Gasteiger partial charge on any atom is -0.364 e. The SMILES string of the molecule is Cc1ccc(-c2cc3c(SC4CCCCC4)nnc(C(N)=O)c3s2)cc1. The summed E-state index contributed by atoms with van der Waals surface area (Å²) in [6.07, 6.45) is 6.34. The summed E-state index contributed by atoms with van der Waals surface area (Å²) in [5, 5.41) is 11.0. The van der Waals surface area contributed by atoms with E-state index in [4.69, 9.17) is 5.73 Å². The zero-order chi connectivity index (χ0) is 18.1. The molecule has 1 saturated carbocycles. The van der Waals surface area contributed by atoms with Crippen LogP contribution in [0.3, 0.4) is 0 Å². The number of nitrogens with two attached hydrogens (primary N) is 1. The van der Waals surface area contributed by atoms with Gasteiger partial charge in [-0.25, -0.2) is 0 Å². The van der Waals surface area contributed by atoms with Gasteiger partial charge in [-0.3, -0.25) is 4.79 Å². The molecule has 4 nitrogen and oxygen atoms in total. The lowest BCUT2D eigenvalue weighted by atomic mass is 10.0. The first-order chi connectivity index (χ1) is 12.6. The summed E-state index contributed by atoms with van der Waals surface area (Å²) in [4.78, 5) is 12.9. The number of carbonyl (C=O) groups excluding carboxylic acids is 1. The number of hydrogen-bond acceptors (Lipinski definition) is 5. The number of fused-ring (bicyclic) bond motifs is 1. The van der Waals surface area contributed by atoms with Crippen molar-refractivity contribution in [2.45, 2.75) is 49.3 Å². The van der Waals surface area contributed by atoms with Gasteiger partial charge in [0.25, 0.3) is 5.91 Å². The van der Waals surface area contributed by atoms with Crippen LogP contribution in [0.15, 0.2) is 35.4 Å². The second-order valence-electron chi connectivity index (χ2n) is 6.82. The Morgan fingerprint density at radius 2 is 1.88 bits per heavy atom. The topological polar surface area (TPSA) is 68.9 Å². The number of carbonyl (C=O) groups is 1. The molecule has 6 heteroatoms. The molecule has 0 bridgehead atoms. The Balaban J connectivity index is 1.78. The molecule has 26 heavy (non-hydrogen) atoms. The molecule has 1 amide bonds. The van der Waals surface area contributed by atoms with Crippen LogP contribution in [-0.4, -0.2) is 21.4 Å². The first-order valence-electron chi connectivity index (χ1n) is 8.95. The maximum atomic E-state index is 11.8. The summed E-state index contributed by atoms with van der Waals surface area (Å²) in [6, 6.07) is 10.6. The number of rotatable bonds is 4. The minimum absolute atomic E-state index is 0.274. The number of hydrogen-bond donors (Lipinski definition) is 1. The molecule has 1 fully saturated rings. The van der Waals surface area contributed by atoms with Crippen molar-refractivity contribution in [3.05, 3.63) is 41.6 Å². The Morgan fingerprint density at radius 1 is 1.15 bits per heavy atom. The van der Waals surface area contributed by atoms with Gasteiger partial charge in [-0.1, -0.05) is 49.1 Å². The second-order valence-corrected chi connectivity index (χ2v) is 9.16. The van der Waals surface area contributed by atoms with E-state index in [1.165, 1.54) is 37.7 Å². The molecule has 0 saturated heterocycles. The molecule has 1 aliphatic rings. The molecule has 2 heterocycles. The summed E-state index contributed by atoms with van der Waals surface area (Å²) in [6.45, 7) is 2.08. The highest BCUT2D eigenvalue weighted by Gasteiger charge is 2.21. The number of nitrogens with zero attached hydrogens (tertiary/aromatic N) is 2. The quantitative estimate of drug-likeness (QED) is 0.673. The van der Waals surface area contributed by atoms with Crippen molar-refractivity contribution in [1.82, 2.24) is 10.2 Å². The van der Waals surface area contributed by atoms with E-state index in [0.29, 0.717) is 5.25 Å². The van der Waals surface area contributed by atoms with Gasteiger partial charge in [0.15, 0.2) is 5.69 Å². The van der Waals surface area contributed by atoms with Gasteiger partial charge in [-0.2, -0.15) is 0 Å². The average molecular weight is 384 g/mol. The maximum Gasteiger partial charge on any atom is 0.270 e. The molecule has 1 aromatic carbocycles. The molecule has 0 spiro atoms. The summed E-state index contributed by atoms with van der Waals surface area (Å²) < 4.78 is 0.849. The average Bonchev–Trinajstić information content (AvgIpc) is 3.09. The number of amides is 1. The normalized spacial score (nSPS) is 15.4. The van der Waals surface area contributed by atoms with Crippen LogP contribution < -0.4 is 5.73 Å². The minimum atomic E-state index is -0.519. The first kappa shape index (κ1) is 17.5. The molecule has 0 atom stereocenters. The van der Waals surface area contributed by atoms with Gasteiger partial charge in [-0.05, 0) is 31.4 Å². The molecule has 1 aliphatic carbocycles. The van der Waals surface area contributed by atoms with E-state index in [2.05, 4.69) is 47.5 Å². The van der Waals surface area contributed by atoms with E-state index in [1.54, 1.807) is 23.1 Å². The highest BCUT2D eigenvalue weighted by Crippen LogP contribution is 2.41. The molecule has 2 N–H and O–H groups in total. The molecule has 3 aromatic rings. The molecular weight excluding hydrogens is 362 g/mol. The fourth-order valence-corrected chi connectivity index (χ4v) is 5.85. The van der Waals surface area contributed by atoms with E-state index < -0.39 is 5.91 Å². The fourth-order valence-electron chi connectivity index (χ4n) is 3.37. The Bertz CT molecular complexity index is 944. The van der Waals surface area contributed by atoms with E-state index >= 15 is 0 Å². The van der Waals surface area contributed by atoms with Crippen LogP contribution in [0.25, 0.3) is 20.5 Å². The Morgan fingerprint density at radius 3 is 2.58 bits per heavy atom. The van der Waals surface area contributed by atoms with E-state index in [9.17, 15) is 4.79 Å². The Hall–Kier alpha value is -1.92. The van der Waals surface area contributed by atoms with Crippen LogP contribution in [0.1, 0.15) is 48.2 Å². The van der Waals surface area contributed by atoms with Crippen LogP contribution in [0, 0.1) is 6.92 Å². The van der Waals surface area contributed by atoms with Crippen LogP contribution >= 0.6 is 23.1 Å². The number of benzene rings is 1. The highest BCUT2D eigenvalue weighted by atomic mass is 32.2. The summed E-state index contributed by atoms with van der Waals surface area (Å²) in [7, 11) is 0. The zero-order valence-electron chi connectivity index (χ0n) is 14.7. The number of thiophene rings is 1. The predicted octanol–water partition coefficient (Wildman–Crippen LogP) is 5.19. The fraction of sp³-hybridized carbons (Fsp3) is 0.350. The molecule has 0 radical (unpaired) electrons. The standard InChI is InChI=1S/C20H21N3OS2/c1-12-7-9-13(10-8-12)16-11-15-18(26-16)17(19(21)24)22-23-20(15)25-14-5-3-2-4-6-14/h7-11,14H,2-6H2,1H3,(H2,21,24). The first-order valence-corrected chi connectivity index (χ1v) is 10.6. The third-order valence-electron chi connectivity index (χ3n) is 4.82. The van der Waals surface area contributed by atoms with Crippen molar-refractivity contribution in [2.75, 3.05) is 0 Å². The molecule has 134 valence electrons. The molecule has 2 aromatic heterocycles.